The highest BCUT2D eigenvalue weighted by Gasteiger charge is 2.19. The van der Waals surface area contributed by atoms with E-state index < -0.39 is 0 Å². The smallest absolute Gasteiger partial charge is 0.231 e. The number of carbonyl (C=O) groups excluding carboxylic acids is 1. The summed E-state index contributed by atoms with van der Waals surface area (Å²) in [4.78, 5) is 10.9. The number of Topliss-reactive ketones (excluding diaryl/α,β-unsaturated/α-hetero) is 1. The highest BCUT2D eigenvalue weighted by Crippen LogP contribution is 2.40. The second-order valence-corrected chi connectivity index (χ2v) is 3.53. The van der Waals surface area contributed by atoms with E-state index in [1.54, 1.807) is 12.1 Å². The van der Waals surface area contributed by atoms with E-state index in [1.807, 2.05) is 0 Å². The Hall–Kier alpha value is -1.22. The molecule has 0 aliphatic carbocycles. The minimum absolute atomic E-state index is 0.0748. The molecule has 1 aromatic rings. The zero-order valence-electron chi connectivity index (χ0n) is 7.67. The van der Waals surface area contributed by atoms with Crippen molar-refractivity contribution < 1.29 is 14.3 Å². The van der Waals surface area contributed by atoms with Crippen LogP contribution in [0.25, 0.3) is 0 Å². The highest BCUT2D eigenvalue weighted by atomic mass is 35.5. The number of fused-ring (bicyclic) bond motifs is 1. The van der Waals surface area contributed by atoms with Crippen LogP contribution in [-0.4, -0.2) is 12.6 Å². The maximum atomic E-state index is 10.9. The number of halogens is 1. The Morgan fingerprint density at radius 2 is 2.29 bits per heavy atom. The van der Waals surface area contributed by atoms with Crippen LogP contribution in [0, 0.1) is 0 Å². The second kappa shape index (κ2) is 3.50. The van der Waals surface area contributed by atoms with Crippen LogP contribution in [0.2, 0.25) is 5.02 Å². The van der Waals surface area contributed by atoms with Crippen molar-refractivity contribution in [1.82, 2.24) is 0 Å². The number of ether oxygens (including phenoxy) is 2. The highest BCUT2D eigenvalue weighted by molar-refractivity contribution is 6.33. The number of carbonyl (C=O) groups is 1. The Morgan fingerprint density at radius 1 is 1.50 bits per heavy atom. The molecule has 1 aliphatic rings. The van der Waals surface area contributed by atoms with Gasteiger partial charge >= 0.3 is 0 Å². The molecule has 0 radical (unpaired) electrons. The third-order valence-electron chi connectivity index (χ3n) is 2.00. The lowest BCUT2D eigenvalue weighted by Crippen LogP contribution is -1.97. The van der Waals surface area contributed by atoms with Crippen molar-refractivity contribution in [1.29, 1.82) is 0 Å². The van der Waals surface area contributed by atoms with Gasteiger partial charge in [-0.3, -0.25) is 4.79 Å². The number of hydrogen-bond acceptors (Lipinski definition) is 3. The molecule has 14 heavy (non-hydrogen) atoms. The topological polar surface area (TPSA) is 35.5 Å². The second-order valence-electron chi connectivity index (χ2n) is 3.15. The summed E-state index contributed by atoms with van der Waals surface area (Å²) in [5.74, 6) is 1.26. The van der Waals surface area contributed by atoms with E-state index in [0.29, 0.717) is 22.9 Å². The Morgan fingerprint density at radius 3 is 3.00 bits per heavy atom. The summed E-state index contributed by atoms with van der Waals surface area (Å²) in [6.07, 6.45) is 0.329. The van der Waals surface area contributed by atoms with Crippen molar-refractivity contribution >= 4 is 17.4 Å². The lowest BCUT2D eigenvalue weighted by molar-refractivity contribution is -0.116. The average molecular weight is 213 g/mol. The first-order valence-electron chi connectivity index (χ1n) is 4.25. The van der Waals surface area contributed by atoms with Gasteiger partial charge in [-0.15, -0.1) is 0 Å². The average Bonchev–Trinajstić information content (AvgIpc) is 2.57. The zero-order chi connectivity index (χ0) is 10.1. The Labute approximate surface area is 86.6 Å². The van der Waals surface area contributed by atoms with Crippen LogP contribution in [0.4, 0.5) is 0 Å². The van der Waals surface area contributed by atoms with Crippen LogP contribution in [-0.2, 0) is 11.2 Å². The van der Waals surface area contributed by atoms with E-state index in [-0.39, 0.29) is 12.6 Å². The number of hydrogen-bond donors (Lipinski definition) is 0. The first kappa shape index (κ1) is 9.34. The number of rotatable bonds is 2. The van der Waals surface area contributed by atoms with Crippen LogP contribution >= 0.6 is 11.6 Å². The molecule has 0 bridgehead atoms. The number of benzene rings is 1. The van der Waals surface area contributed by atoms with Crippen LogP contribution in [0.3, 0.4) is 0 Å². The number of ketones is 1. The maximum Gasteiger partial charge on any atom is 0.231 e. The fourth-order valence-electron chi connectivity index (χ4n) is 1.38. The van der Waals surface area contributed by atoms with Gasteiger partial charge in [0.1, 0.15) is 5.78 Å². The van der Waals surface area contributed by atoms with E-state index in [0.717, 1.165) is 5.56 Å². The van der Waals surface area contributed by atoms with Gasteiger partial charge < -0.3 is 9.47 Å². The summed E-state index contributed by atoms with van der Waals surface area (Å²) in [7, 11) is 0. The molecule has 0 spiro atoms. The molecule has 2 rings (SSSR count). The summed E-state index contributed by atoms with van der Waals surface area (Å²) in [6.45, 7) is 1.72. The third-order valence-corrected chi connectivity index (χ3v) is 2.41. The molecule has 0 aromatic heterocycles. The molecule has 0 saturated carbocycles. The van der Waals surface area contributed by atoms with Gasteiger partial charge in [-0.05, 0) is 18.6 Å². The minimum atomic E-state index is 0.0748. The molecule has 0 amide bonds. The Bertz CT molecular complexity index is 387. The van der Waals surface area contributed by atoms with Crippen molar-refractivity contribution in [2.24, 2.45) is 0 Å². The van der Waals surface area contributed by atoms with Crippen molar-refractivity contribution in [2.45, 2.75) is 13.3 Å². The maximum absolute atomic E-state index is 10.9. The molecule has 1 aromatic carbocycles. The third kappa shape index (κ3) is 1.55. The molecule has 0 atom stereocenters. The van der Waals surface area contributed by atoms with Gasteiger partial charge in [0.05, 0.1) is 5.02 Å². The summed E-state index contributed by atoms with van der Waals surface area (Å²) in [6, 6.07) is 3.56. The fraction of sp³-hybridized carbons (Fsp3) is 0.300. The van der Waals surface area contributed by atoms with Gasteiger partial charge in [-0.25, -0.2) is 0 Å². The Balaban J connectivity index is 2.39. The normalized spacial score (nSPS) is 13.0. The molecule has 1 heterocycles. The van der Waals surface area contributed by atoms with Gasteiger partial charge in [-0.2, -0.15) is 0 Å². The molecule has 0 saturated heterocycles. The first-order valence-corrected chi connectivity index (χ1v) is 4.62. The standard InChI is InChI=1S/C10H9ClO3/c1-6(12)4-7-2-3-8-10(9(7)11)14-5-13-8/h2-3H,4-5H2,1H3. The SMILES string of the molecule is CC(=O)Cc1ccc2c(c1Cl)OCO2. The summed E-state index contributed by atoms with van der Waals surface area (Å²) >= 11 is 6.04. The molecular weight excluding hydrogens is 204 g/mol. The van der Waals surface area contributed by atoms with Crippen LogP contribution in [0.15, 0.2) is 12.1 Å². The molecular formula is C10H9ClO3. The van der Waals surface area contributed by atoms with E-state index in [4.69, 9.17) is 21.1 Å². The van der Waals surface area contributed by atoms with Crippen molar-refractivity contribution in [3.05, 3.63) is 22.7 Å². The van der Waals surface area contributed by atoms with Gasteiger partial charge in [0.2, 0.25) is 6.79 Å². The van der Waals surface area contributed by atoms with Crippen LogP contribution in [0.5, 0.6) is 11.5 Å². The molecule has 1 aliphatic heterocycles. The summed E-state index contributed by atoms with van der Waals surface area (Å²) < 4.78 is 10.3. The van der Waals surface area contributed by atoms with Gasteiger partial charge in [-0.1, -0.05) is 17.7 Å². The van der Waals surface area contributed by atoms with Crippen molar-refractivity contribution in [3.63, 3.8) is 0 Å². The van der Waals surface area contributed by atoms with Gasteiger partial charge in [0, 0.05) is 6.42 Å². The van der Waals surface area contributed by atoms with Gasteiger partial charge in [0.15, 0.2) is 11.5 Å². The van der Waals surface area contributed by atoms with Gasteiger partial charge in [0.25, 0.3) is 0 Å². The fourth-order valence-corrected chi connectivity index (χ4v) is 1.66. The van der Waals surface area contributed by atoms with E-state index in [9.17, 15) is 4.79 Å². The van der Waals surface area contributed by atoms with Crippen LogP contribution < -0.4 is 9.47 Å². The van der Waals surface area contributed by atoms with E-state index in [2.05, 4.69) is 0 Å². The van der Waals surface area contributed by atoms with Crippen molar-refractivity contribution in [2.75, 3.05) is 6.79 Å². The van der Waals surface area contributed by atoms with Crippen molar-refractivity contribution in [3.8, 4) is 11.5 Å². The lowest BCUT2D eigenvalue weighted by atomic mass is 10.1. The minimum Gasteiger partial charge on any atom is -0.454 e. The Kier molecular flexibility index (Phi) is 2.33. The first-order chi connectivity index (χ1) is 6.68. The molecule has 0 N–H and O–H groups in total. The van der Waals surface area contributed by atoms with E-state index in [1.165, 1.54) is 6.92 Å². The monoisotopic (exact) mass is 212 g/mol. The zero-order valence-corrected chi connectivity index (χ0v) is 8.43. The largest absolute Gasteiger partial charge is 0.454 e. The molecule has 0 fully saturated rings. The molecule has 4 heteroatoms. The molecule has 3 nitrogen and oxygen atoms in total. The lowest BCUT2D eigenvalue weighted by Gasteiger charge is -2.04. The predicted molar refractivity (Wildman–Crippen MR) is 52.0 cm³/mol. The van der Waals surface area contributed by atoms with Crippen LogP contribution in [0.1, 0.15) is 12.5 Å². The predicted octanol–water partition coefficient (Wildman–Crippen LogP) is 2.20. The quantitative estimate of drug-likeness (QED) is 0.754. The molecule has 0 unspecified atom stereocenters. The van der Waals surface area contributed by atoms with E-state index >= 15 is 0 Å². The summed E-state index contributed by atoms with van der Waals surface area (Å²) in [5, 5.41) is 0.482. The molecule has 74 valence electrons. The summed E-state index contributed by atoms with van der Waals surface area (Å²) in [5.41, 5.74) is 0.781.